The molecule has 4 aliphatic heterocycles. The van der Waals surface area contributed by atoms with Gasteiger partial charge in [-0.25, -0.2) is 14.4 Å². The van der Waals surface area contributed by atoms with Gasteiger partial charge in [0.15, 0.2) is 5.58 Å². The molecular formula is C36H47N7O5. The van der Waals surface area contributed by atoms with Crippen LogP contribution >= 0.6 is 0 Å². The van der Waals surface area contributed by atoms with Crippen LogP contribution in [0.15, 0.2) is 45.6 Å². The van der Waals surface area contributed by atoms with Crippen LogP contribution in [-0.4, -0.2) is 99.9 Å². The van der Waals surface area contributed by atoms with Crippen molar-refractivity contribution >= 4 is 34.8 Å². The van der Waals surface area contributed by atoms with Gasteiger partial charge in [-0.2, -0.15) is 0 Å². The van der Waals surface area contributed by atoms with Gasteiger partial charge in [-0.15, -0.1) is 0 Å². The number of nitrogens with one attached hydrogen (secondary N) is 3. The van der Waals surface area contributed by atoms with Gasteiger partial charge < -0.3 is 34.7 Å². The Bertz CT molecular complexity index is 1700. The van der Waals surface area contributed by atoms with Crippen molar-refractivity contribution in [3.05, 3.63) is 63.6 Å². The van der Waals surface area contributed by atoms with Gasteiger partial charge >= 0.3 is 17.8 Å². The Balaban J connectivity index is 1.03. The maximum absolute atomic E-state index is 14.2. The lowest BCUT2D eigenvalue weighted by atomic mass is 9.97. The number of H-pyrrole nitrogens is 1. The topological polar surface area (TPSA) is 134 Å². The van der Waals surface area contributed by atoms with Crippen LogP contribution < -0.4 is 16.4 Å². The zero-order valence-corrected chi connectivity index (χ0v) is 27.8. The summed E-state index contributed by atoms with van der Waals surface area (Å²) < 4.78 is 5.40. The second-order valence-electron chi connectivity index (χ2n) is 13.8. The van der Waals surface area contributed by atoms with Gasteiger partial charge in [0.1, 0.15) is 6.04 Å². The number of benzene rings is 2. The number of aromatic nitrogens is 1. The van der Waals surface area contributed by atoms with E-state index in [-0.39, 0.29) is 30.4 Å². The minimum Gasteiger partial charge on any atom is -0.408 e. The van der Waals surface area contributed by atoms with Gasteiger partial charge in [0, 0.05) is 56.9 Å². The van der Waals surface area contributed by atoms with Gasteiger partial charge in [-0.3, -0.25) is 9.78 Å². The fourth-order valence-electron chi connectivity index (χ4n) is 8.11. The lowest BCUT2D eigenvalue weighted by molar-refractivity contribution is -0.134. The van der Waals surface area contributed by atoms with Crippen LogP contribution in [0.2, 0.25) is 0 Å². The van der Waals surface area contributed by atoms with E-state index in [0.717, 1.165) is 48.3 Å². The number of aryl methyl sites for hydroxylation is 1. The number of anilines is 1. The molecule has 4 aliphatic rings. The van der Waals surface area contributed by atoms with Crippen molar-refractivity contribution in [1.82, 2.24) is 29.9 Å². The second kappa shape index (κ2) is 14.0. The fraction of sp³-hybridized carbons (Fsp3) is 0.556. The number of carbonyl (C=O) groups excluding carboxylic acids is 3. The number of nitrogens with zero attached hydrogens (tertiary/aromatic N) is 4. The number of piperidine rings is 3. The van der Waals surface area contributed by atoms with E-state index in [1.54, 1.807) is 11.0 Å². The highest BCUT2D eigenvalue weighted by molar-refractivity contribution is 5.92. The smallest absolute Gasteiger partial charge is 0.408 e. The Hall–Kier alpha value is -4.32. The summed E-state index contributed by atoms with van der Waals surface area (Å²) in [7, 11) is 0. The van der Waals surface area contributed by atoms with Crippen LogP contribution in [0.3, 0.4) is 0 Å². The number of carbonyl (C=O) groups is 3. The molecule has 0 radical (unpaired) electrons. The largest absolute Gasteiger partial charge is 0.417 e. The number of oxazole rings is 1. The Morgan fingerprint density at radius 2 is 1.62 bits per heavy atom. The molecule has 7 rings (SSSR count). The minimum atomic E-state index is -0.765. The molecule has 1 atom stereocenters. The van der Waals surface area contributed by atoms with Crippen LogP contribution in [0.25, 0.3) is 11.1 Å². The van der Waals surface area contributed by atoms with Crippen molar-refractivity contribution in [2.24, 2.45) is 0 Å². The number of aromatic amines is 1. The molecule has 0 saturated carbocycles. The Morgan fingerprint density at radius 3 is 2.38 bits per heavy atom. The van der Waals surface area contributed by atoms with E-state index in [9.17, 15) is 19.2 Å². The van der Waals surface area contributed by atoms with Gasteiger partial charge in [-0.05, 0) is 86.9 Å². The van der Waals surface area contributed by atoms with Crippen molar-refractivity contribution in [3.63, 3.8) is 0 Å². The fourth-order valence-corrected chi connectivity index (χ4v) is 8.11. The first-order chi connectivity index (χ1) is 23.4. The van der Waals surface area contributed by atoms with Gasteiger partial charge in [0.25, 0.3) is 0 Å². The summed E-state index contributed by atoms with van der Waals surface area (Å²) in [6, 6.07) is 11.0. The third-order valence-corrected chi connectivity index (χ3v) is 10.8. The zero-order valence-electron chi connectivity index (χ0n) is 27.8. The van der Waals surface area contributed by atoms with Crippen LogP contribution in [-0.2, 0) is 24.2 Å². The van der Waals surface area contributed by atoms with Crippen molar-refractivity contribution in [3.8, 4) is 0 Å². The number of urea groups is 2. The first-order valence-corrected chi connectivity index (χ1v) is 17.7. The lowest BCUT2D eigenvalue weighted by Crippen LogP contribution is -2.57. The summed E-state index contributed by atoms with van der Waals surface area (Å²) >= 11 is 0. The number of fused-ring (bicyclic) bond motifs is 2. The minimum absolute atomic E-state index is 0.0243. The number of hydrogen-bond donors (Lipinski definition) is 3. The molecule has 256 valence electrons. The van der Waals surface area contributed by atoms with E-state index in [4.69, 9.17) is 4.42 Å². The Morgan fingerprint density at radius 1 is 0.917 bits per heavy atom. The molecule has 0 bridgehead atoms. The summed E-state index contributed by atoms with van der Waals surface area (Å²) in [4.78, 5) is 63.8. The van der Waals surface area contributed by atoms with Gasteiger partial charge in [0.05, 0.1) is 5.52 Å². The maximum Gasteiger partial charge on any atom is 0.417 e. The second-order valence-corrected chi connectivity index (χ2v) is 13.8. The Labute approximate surface area is 280 Å². The van der Waals surface area contributed by atoms with E-state index in [0.29, 0.717) is 69.1 Å². The summed E-state index contributed by atoms with van der Waals surface area (Å²) in [5, 5.41) is 6.11. The molecule has 1 unspecified atom stereocenters. The monoisotopic (exact) mass is 657 g/mol. The predicted octanol–water partition coefficient (Wildman–Crippen LogP) is 4.29. The van der Waals surface area contributed by atoms with Crippen LogP contribution in [0.4, 0.5) is 15.3 Å². The SMILES string of the molecule is CCc1cc(CC(NC(=O)N2CCC(N3Cc4ccccc4NC3=O)CC2)C(=O)N2CCC(N3CCCCC3)CC2)cc2oc(=O)[nH]c12. The summed E-state index contributed by atoms with van der Waals surface area (Å²) in [6.07, 6.45) is 7.96. The third kappa shape index (κ3) is 6.80. The summed E-state index contributed by atoms with van der Waals surface area (Å²) in [5.74, 6) is -0.586. The molecule has 3 saturated heterocycles. The van der Waals surface area contributed by atoms with Crippen LogP contribution in [0, 0.1) is 0 Å². The first-order valence-electron chi connectivity index (χ1n) is 17.7. The molecule has 2 aromatic carbocycles. The molecule has 0 spiro atoms. The molecule has 1 aromatic heterocycles. The summed E-state index contributed by atoms with van der Waals surface area (Å²) in [6.45, 7) is 7.17. The number of amides is 5. The maximum atomic E-state index is 14.2. The molecule has 12 nitrogen and oxygen atoms in total. The third-order valence-electron chi connectivity index (χ3n) is 10.8. The van der Waals surface area contributed by atoms with Gasteiger partial charge in [0.2, 0.25) is 5.91 Å². The number of likely N-dealkylation sites (tertiary alicyclic amines) is 3. The van der Waals surface area contributed by atoms with Crippen LogP contribution in [0.1, 0.15) is 68.6 Å². The van der Waals surface area contributed by atoms with Crippen LogP contribution in [0.5, 0.6) is 0 Å². The van der Waals surface area contributed by atoms with Crippen molar-refractivity contribution < 1.29 is 18.8 Å². The van der Waals surface area contributed by atoms with E-state index in [2.05, 4.69) is 20.5 Å². The van der Waals surface area contributed by atoms with Crippen molar-refractivity contribution in [2.75, 3.05) is 44.6 Å². The van der Waals surface area contributed by atoms with Gasteiger partial charge in [-0.1, -0.05) is 37.6 Å². The first kappa shape index (κ1) is 32.2. The summed E-state index contributed by atoms with van der Waals surface area (Å²) in [5.41, 5.74) is 4.83. The molecular weight excluding hydrogens is 610 g/mol. The predicted molar refractivity (Wildman–Crippen MR) is 183 cm³/mol. The zero-order chi connectivity index (χ0) is 33.2. The number of rotatable bonds is 7. The van der Waals surface area contributed by atoms with E-state index in [1.807, 2.05) is 47.1 Å². The molecule has 5 amide bonds. The Kier molecular flexibility index (Phi) is 9.43. The van der Waals surface area contributed by atoms with Crippen molar-refractivity contribution in [1.29, 1.82) is 0 Å². The number of hydrogen-bond acceptors (Lipinski definition) is 6. The van der Waals surface area contributed by atoms with E-state index >= 15 is 0 Å². The standard InChI is InChI=1S/C36H47N7O5/c1-2-25-20-24(22-31-32(25)39-36(47)48-31)21-30(33(44)41-16-10-27(11-17-41)40-14-6-3-7-15-40)38-34(45)42-18-12-28(13-19-42)43-23-26-8-4-5-9-29(26)37-35(43)46/h4-5,8-9,20,22,27-28,30H,2-3,6-7,10-19,21,23H2,1H3,(H,37,46)(H,38,45)(H,39,47). The normalized spacial score (nSPS) is 20.4. The molecule has 12 heteroatoms. The number of para-hydroxylation sites is 1. The average molecular weight is 658 g/mol. The van der Waals surface area contributed by atoms with E-state index in [1.165, 1.54) is 19.3 Å². The molecule has 3 fully saturated rings. The molecule has 5 heterocycles. The average Bonchev–Trinajstić information content (AvgIpc) is 3.51. The molecule has 0 aliphatic carbocycles. The highest BCUT2D eigenvalue weighted by Gasteiger charge is 2.36. The molecule has 3 aromatic rings. The quantitative estimate of drug-likeness (QED) is 0.347. The van der Waals surface area contributed by atoms with E-state index < -0.39 is 11.8 Å². The highest BCUT2D eigenvalue weighted by atomic mass is 16.4. The lowest BCUT2D eigenvalue weighted by Gasteiger charge is -2.42. The van der Waals surface area contributed by atoms with Crippen molar-refractivity contribution in [2.45, 2.75) is 89.4 Å². The molecule has 48 heavy (non-hydrogen) atoms. The molecule has 3 N–H and O–H groups in total. The highest BCUT2D eigenvalue weighted by Crippen LogP contribution is 2.28.